The Hall–Kier alpha value is -2.41. The van der Waals surface area contributed by atoms with E-state index in [0.717, 1.165) is 32.1 Å². The van der Waals surface area contributed by atoms with Gasteiger partial charge in [-0.2, -0.15) is 0 Å². The Bertz CT molecular complexity index is 658. The first-order valence-corrected chi connectivity index (χ1v) is 9.90. The second kappa shape index (κ2) is 12.9. The molecule has 156 valence electrons. The minimum atomic E-state index is -1.12. The predicted octanol–water partition coefficient (Wildman–Crippen LogP) is 3.61. The van der Waals surface area contributed by atoms with E-state index in [2.05, 4.69) is 0 Å². The Kier molecular flexibility index (Phi) is 10.9. The molecule has 0 spiro atoms. The van der Waals surface area contributed by atoms with Crippen LogP contribution in [0.1, 0.15) is 70.8 Å². The van der Waals surface area contributed by atoms with Crippen LogP contribution in [0.15, 0.2) is 18.2 Å². The average Bonchev–Trinajstić information content (AvgIpc) is 2.64. The first kappa shape index (κ1) is 23.6. The molecule has 0 aliphatic carbocycles. The topological polar surface area (TPSA) is 116 Å². The lowest BCUT2D eigenvalue weighted by atomic mass is 10.1. The zero-order valence-corrected chi connectivity index (χ0v) is 16.7. The molecule has 0 amide bonds. The van der Waals surface area contributed by atoms with Crippen LogP contribution in [-0.2, 0) is 20.8 Å². The number of nitrogens with two attached hydrogens (primary N) is 1. The molecular formula is C21H31NO6. The lowest BCUT2D eigenvalue weighted by Crippen LogP contribution is -2.32. The molecule has 0 heterocycles. The van der Waals surface area contributed by atoms with Gasteiger partial charge in [-0.1, -0.05) is 45.6 Å². The first-order valence-electron chi connectivity index (χ1n) is 9.90. The number of carbonyl (C=O) groups excluding carboxylic acids is 2. The molecule has 0 saturated carbocycles. The number of hydrogen-bond acceptors (Lipinski definition) is 6. The van der Waals surface area contributed by atoms with E-state index in [1.807, 2.05) is 13.8 Å². The molecule has 7 nitrogen and oxygen atoms in total. The Balaban J connectivity index is 2.90. The van der Waals surface area contributed by atoms with Crippen molar-refractivity contribution in [1.29, 1.82) is 0 Å². The maximum absolute atomic E-state index is 12.1. The number of unbranched alkanes of at least 4 members (excludes halogenated alkanes) is 4. The molecule has 1 atom stereocenters. The molecule has 3 N–H and O–H groups in total. The summed E-state index contributed by atoms with van der Waals surface area (Å²) in [6.07, 6.45) is 5.88. The number of benzene rings is 1. The van der Waals surface area contributed by atoms with Gasteiger partial charge in [-0.25, -0.2) is 0 Å². The second-order valence-corrected chi connectivity index (χ2v) is 6.79. The Labute approximate surface area is 166 Å². The normalized spacial score (nSPS) is 11.7. The summed E-state index contributed by atoms with van der Waals surface area (Å²) in [5, 5.41) is 8.98. The summed E-state index contributed by atoms with van der Waals surface area (Å²) >= 11 is 0. The Morgan fingerprint density at radius 1 is 0.929 bits per heavy atom. The number of ether oxygens (including phenoxy) is 2. The van der Waals surface area contributed by atoms with Gasteiger partial charge in [-0.15, -0.1) is 0 Å². The Morgan fingerprint density at radius 3 is 1.96 bits per heavy atom. The Morgan fingerprint density at radius 2 is 1.46 bits per heavy atom. The number of hydrogen-bond donors (Lipinski definition) is 2. The lowest BCUT2D eigenvalue weighted by Gasteiger charge is -2.13. The molecule has 1 aromatic rings. The van der Waals surface area contributed by atoms with E-state index in [4.69, 9.17) is 20.3 Å². The van der Waals surface area contributed by atoms with E-state index in [9.17, 15) is 14.4 Å². The van der Waals surface area contributed by atoms with Gasteiger partial charge in [-0.05, 0) is 37.0 Å². The quantitative estimate of drug-likeness (QED) is 0.299. The van der Waals surface area contributed by atoms with E-state index in [0.29, 0.717) is 12.0 Å². The molecule has 1 rings (SSSR count). The van der Waals surface area contributed by atoms with Crippen LogP contribution in [0.4, 0.5) is 0 Å². The maximum atomic E-state index is 12.1. The molecule has 0 aliphatic rings. The van der Waals surface area contributed by atoms with Gasteiger partial charge >= 0.3 is 17.9 Å². The number of carboxylic acids is 1. The summed E-state index contributed by atoms with van der Waals surface area (Å²) in [5.74, 6) is -1.67. The fraction of sp³-hybridized carbons (Fsp3) is 0.571. The zero-order chi connectivity index (χ0) is 20.9. The van der Waals surface area contributed by atoms with Gasteiger partial charge in [0.1, 0.15) is 6.04 Å². The van der Waals surface area contributed by atoms with Crippen molar-refractivity contribution < 1.29 is 29.0 Å². The van der Waals surface area contributed by atoms with Crippen LogP contribution < -0.4 is 15.2 Å². The number of carbonyl (C=O) groups is 3. The third kappa shape index (κ3) is 8.99. The van der Waals surface area contributed by atoms with E-state index in [-0.39, 0.29) is 30.8 Å². The van der Waals surface area contributed by atoms with Crippen molar-refractivity contribution in [1.82, 2.24) is 0 Å². The van der Waals surface area contributed by atoms with E-state index in [1.54, 1.807) is 6.07 Å². The summed E-state index contributed by atoms with van der Waals surface area (Å²) < 4.78 is 10.8. The van der Waals surface area contributed by atoms with Crippen LogP contribution in [-0.4, -0.2) is 29.1 Å². The fourth-order valence-corrected chi connectivity index (χ4v) is 2.57. The summed E-state index contributed by atoms with van der Waals surface area (Å²) in [6.45, 7) is 4.08. The minimum Gasteiger partial charge on any atom is -0.480 e. The molecule has 0 radical (unpaired) electrons. The van der Waals surface area contributed by atoms with Crippen molar-refractivity contribution in [2.45, 2.75) is 77.7 Å². The monoisotopic (exact) mass is 393 g/mol. The highest BCUT2D eigenvalue weighted by atomic mass is 16.6. The zero-order valence-electron chi connectivity index (χ0n) is 16.7. The lowest BCUT2D eigenvalue weighted by molar-refractivity contribution is -0.138. The highest BCUT2D eigenvalue weighted by molar-refractivity contribution is 5.76. The van der Waals surface area contributed by atoms with Gasteiger partial charge in [0.2, 0.25) is 0 Å². The summed E-state index contributed by atoms with van der Waals surface area (Å²) in [5.41, 5.74) is 6.16. The number of rotatable bonds is 13. The molecule has 0 saturated heterocycles. The average molecular weight is 393 g/mol. The van der Waals surface area contributed by atoms with E-state index < -0.39 is 23.9 Å². The molecule has 0 unspecified atom stereocenters. The summed E-state index contributed by atoms with van der Waals surface area (Å²) in [7, 11) is 0. The predicted molar refractivity (Wildman–Crippen MR) is 105 cm³/mol. The molecular weight excluding hydrogens is 362 g/mol. The van der Waals surface area contributed by atoms with Crippen molar-refractivity contribution >= 4 is 17.9 Å². The van der Waals surface area contributed by atoms with Crippen molar-refractivity contribution in [3.8, 4) is 11.5 Å². The number of aliphatic carboxylic acids is 1. The van der Waals surface area contributed by atoms with Gasteiger partial charge < -0.3 is 20.3 Å². The molecule has 0 aromatic heterocycles. The van der Waals surface area contributed by atoms with Crippen LogP contribution in [0.25, 0.3) is 0 Å². The van der Waals surface area contributed by atoms with E-state index in [1.165, 1.54) is 12.1 Å². The molecule has 0 aliphatic heterocycles. The van der Waals surface area contributed by atoms with Crippen molar-refractivity contribution in [2.24, 2.45) is 5.73 Å². The van der Waals surface area contributed by atoms with Gasteiger partial charge in [0.15, 0.2) is 11.5 Å². The molecule has 0 fully saturated rings. The number of esters is 2. The van der Waals surface area contributed by atoms with Crippen LogP contribution in [0.3, 0.4) is 0 Å². The minimum absolute atomic E-state index is 0.0699. The van der Waals surface area contributed by atoms with Gasteiger partial charge in [0.25, 0.3) is 0 Å². The van der Waals surface area contributed by atoms with Gasteiger partial charge in [0.05, 0.1) is 0 Å². The highest BCUT2D eigenvalue weighted by Crippen LogP contribution is 2.30. The fourth-order valence-electron chi connectivity index (χ4n) is 2.57. The molecule has 0 bridgehead atoms. The smallest absolute Gasteiger partial charge is 0.320 e. The standard InChI is InChI=1S/C21H31NO6/c1-3-5-7-9-19(23)27-17-12-11-15(13-16(22)21(25)26)14-18(17)28-20(24)10-8-6-4-2/h11-12,14,16H,3-10,13,22H2,1-2H3,(H,25,26)/t16-/m0/s1. The van der Waals surface area contributed by atoms with Gasteiger partial charge in [-0.3, -0.25) is 14.4 Å². The van der Waals surface area contributed by atoms with Crippen molar-refractivity contribution in [3.05, 3.63) is 23.8 Å². The van der Waals surface area contributed by atoms with Crippen LogP contribution in [0.5, 0.6) is 11.5 Å². The molecule has 28 heavy (non-hydrogen) atoms. The third-order valence-electron chi connectivity index (χ3n) is 4.20. The molecule has 7 heteroatoms. The van der Waals surface area contributed by atoms with E-state index >= 15 is 0 Å². The third-order valence-corrected chi connectivity index (χ3v) is 4.20. The molecule has 1 aromatic carbocycles. The first-order chi connectivity index (χ1) is 13.4. The maximum Gasteiger partial charge on any atom is 0.320 e. The second-order valence-electron chi connectivity index (χ2n) is 6.79. The SMILES string of the molecule is CCCCCC(=O)Oc1ccc(C[C@H](N)C(=O)O)cc1OC(=O)CCCCC. The van der Waals surface area contributed by atoms with Crippen molar-refractivity contribution in [2.75, 3.05) is 0 Å². The van der Waals surface area contributed by atoms with Crippen molar-refractivity contribution in [3.63, 3.8) is 0 Å². The van der Waals surface area contributed by atoms with Crippen LogP contribution >= 0.6 is 0 Å². The summed E-state index contributed by atoms with van der Waals surface area (Å²) in [4.78, 5) is 35.1. The van der Waals surface area contributed by atoms with Crippen LogP contribution in [0.2, 0.25) is 0 Å². The summed E-state index contributed by atoms with van der Waals surface area (Å²) in [6, 6.07) is 3.56. The largest absolute Gasteiger partial charge is 0.480 e. The number of carboxylic acid groups (broad SMARTS) is 1. The highest BCUT2D eigenvalue weighted by Gasteiger charge is 2.17. The van der Waals surface area contributed by atoms with Gasteiger partial charge in [0, 0.05) is 12.8 Å². The van der Waals surface area contributed by atoms with Crippen LogP contribution in [0, 0.1) is 0 Å².